The van der Waals surface area contributed by atoms with E-state index in [-0.39, 0.29) is 204 Å². The van der Waals surface area contributed by atoms with Gasteiger partial charge in [0.05, 0.1) is 0 Å². The van der Waals surface area contributed by atoms with Crippen LogP contribution in [0, 0.1) is 0 Å². The van der Waals surface area contributed by atoms with Crippen LogP contribution in [0.5, 0.6) is 0 Å². The molecule has 0 unspecified atom stereocenters. The Kier molecular flexibility index (Phi) is 15.0. The molecule has 0 spiro atoms. The molecule has 312 valence electrons. The zero-order chi connectivity index (χ0) is 58.1. The van der Waals surface area contributed by atoms with Gasteiger partial charge < -0.3 is 9.32 Å². The lowest BCUT2D eigenvalue weighted by molar-refractivity contribution is 0.674. The molecule has 0 aliphatic carbocycles. The van der Waals surface area contributed by atoms with Crippen molar-refractivity contribution in [1.29, 1.82) is 0 Å². The zero-order valence-corrected chi connectivity index (χ0v) is 42.3. The maximum atomic E-state index is 7.30. The maximum absolute atomic E-state index is 7.30. The van der Waals surface area contributed by atoms with E-state index in [4.69, 9.17) is 208 Å². The van der Waals surface area contributed by atoms with Crippen LogP contribution in [0.4, 0.5) is 17.1 Å². The Hall–Kier alpha value is -6.07. The molecule has 0 saturated heterocycles. The summed E-state index contributed by atoms with van der Waals surface area (Å²) in [6.45, 7) is 0. The molecule has 0 aliphatic rings. The quantitative estimate of drug-likeness (QED) is 0.142. The van der Waals surface area contributed by atoms with Crippen molar-refractivity contribution in [3.05, 3.63) is 60.7 Å². The van der Waals surface area contributed by atoms with Crippen LogP contribution in [0.25, 0.3) is 78.4 Å². The first-order valence-electron chi connectivity index (χ1n) is 23.7. The van der Waals surface area contributed by atoms with Gasteiger partial charge in [0.25, 0.3) is 0 Å². The Morgan fingerprint density at radius 1 is 0.237 bits per heavy atom. The van der Waals surface area contributed by atoms with Crippen molar-refractivity contribution in [2.45, 2.75) is 0 Å². The molecule has 10 rings (SSSR count). The third kappa shape index (κ3) is 8.53. The van der Waals surface area contributed by atoms with Crippen molar-refractivity contribution >= 4 is 358 Å². The minimum Gasteiger partial charge on any atom is -0.457 e. The van der Waals surface area contributed by atoms with E-state index >= 15 is 0 Å². The van der Waals surface area contributed by atoms with Gasteiger partial charge in [0.15, 0.2) is 17.5 Å². The maximum Gasteiger partial charge on any atom is 0.164 e. The molecule has 10 aromatic rings. The third-order valence-electron chi connectivity index (χ3n) is 14.3. The van der Waals surface area contributed by atoms with Crippen molar-refractivity contribution in [3.63, 3.8) is 0 Å². The van der Waals surface area contributed by atoms with Crippen LogP contribution >= 0.6 is 0 Å². The van der Waals surface area contributed by atoms with Crippen LogP contribution in [0.3, 0.4) is 0 Å². The Bertz CT molecular complexity index is 4060. The van der Waals surface area contributed by atoms with Gasteiger partial charge in [-0.1, -0.05) is 148 Å². The Balaban J connectivity index is 1.31. The number of fused-ring (bicyclic) bond motifs is 3. The fraction of sp³-hybridized carbons (Fsp3) is 0. The van der Waals surface area contributed by atoms with E-state index in [0.29, 0.717) is 22.8 Å². The lowest BCUT2D eigenvalue weighted by atomic mass is 9.56. The Labute approximate surface area is 496 Å². The highest BCUT2D eigenvalue weighted by Crippen LogP contribution is 2.33. The summed E-state index contributed by atoms with van der Waals surface area (Å²) in [7, 11) is 162. The van der Waals surface area contributed by atoms with Crippen LogP contribution in [0.15, 0.2) is 65.1 Å². The van der Waals surface area contributed by atoms with Gasteiger partial charge in [-0.15, -0.1) is 32.8 Å². The standard InChI is InChI=1S/C51H10B24N4O/c52-20-13(21(53)33(65)36(68)32(20)64)15-24(56)38(70)44(39(71)25(15)57)79(45-40(72)26(58)16(27(59)41(45)73)14-22(54)34(66)37(69)35(67)23(14)55)46-42(74)29(61)18-17-28(60)30(62)19(31(63)47(17)80-48(18)43(46)75)51-77-49(11-7-3-1-4-8-11)76-50(78-51)12-9-5-2-6-10-12/h1-10H. The highest BCUT2D eigenvalue weighted by molar-refractivity contribution is 6.74. The number of aromatic nitrogens is 3. The Morgan fingerprint density at radius 3 is 0.838 bits per heavy atom. The molecule has 2 heterocycles. The number of rotatable bonds is 8. The van der Waals surface area contributed by atoms with Gasteiger partial charge in [0.1, 0.15) is 199 Å². The van der Waals surface area contributed by atoms with Crippen molar-refractivity contribution in [2.75, 3.05) is 4.90 Å². The number of hydrogen-bond acceptors (Lipinski definition) is 5. The molecule has 48 radical (unpaired) electrons. The van der Waals surface area contributed by atoms with Crippen molar-refractivity contribution in [2.24, 2.45) is 0 Å². The minimum atomic E-state index is -0.359. The molecule has 0 amide bonds. The van der Waals surface area contributed by atoms with Crippen LogP contribution < -0.4 is 136 Å². The molecular formula is C51H10B24N4O. The lowest BCUT2D eigenvalue weighted by Crippen LogP contribution is -2.58. The van der Waals surface area contributed by atoms with Crippen molar-refractivity contribution < 1.29 is 4.42 Å². The molecule has 5 nitrogen and oxygen atoms in total. The van der Waals surface area contributed by atoms with Gasteiger partial charge in [-0.25, -0.2) is 15.0 Å². The summed E-state index contributed by atoms with van der Waals surface area (Å²) in [5.74, 6) is 0.639. The van der Waals surface area contributed by atoms with Crippen LogP contribution in [-0.2, 0) is 0 Å². The molecule has 0 bridgehead atoms. The third-order valence-corrected chi connectivity index (χ3v) is 14.3. The molecule has 2 aromatic heterocycles. The van der Waals surface area contributed by atoms with Gasteiger partial charge in [-0.3, -0.25) is 0 Å². The van der Waals surface area contributed by atoms with Gasteiger partial charge >= 0.3 is 0 Å². The van der Waals surface area contributed by atoms with Gasteiger partial charge in [0.2, 0.25) is 0 Å². The van der Waals surface area contributed by atoms with E-state index in [1.807, 2.05) is 60.7 Å². The average molecular weight is 954 g/mol. The van der Waals surface area contributed by atoms with Crippen molar-refractivity contribution in [3.8, 4) is 56.4 Å². The molecule has 0 saturated carbocycles. The van der Waals surface area contributed by atoms with Gasteiger partial charge in [-0.05, 0) is 33.2 Å². The zero-order valence-electron chi connectivity index (χ0n) is 42.3. The normalized spacial score (nSPS) is 11.4. The fourth-order valence-corrected chi connectivity index (χ4v) is 9.99. The van der Waals surface area contributed by atoms with Crippen LogP contribution in [-0.4, -0.2) is 203 Å². The minimum absolute atomic E-state index is 0.0453. The second kappa shape index (κ2) is 21.0. The van der Waals surface area contributed by atoms with E-state index in [2.05, 4.69) is 0 Å². The number of anilines is 3. The first-order valence-corrected chi connectivity index (χ1v) is 23.7. The van der Waals surface area contributed by atoms with Crippen LogP contribution in [0.1, 0.15) is 0 Å². The largest absolute Gasteiger partial charge is 0.457 e. The van der Waals surface area contributed by atoms with E-state index in [0.717, 1.165) is 0 Å². The lowest BCUT2D eigenvalue weighted by Gasteiger charge is -2.39. The molecule has 29 heteroatoms. The molecule has 0 fully saturated rings. The molecular weight excluding hydrogens is 944 g/mol. The second-order valence-electron chi connectivity index (χ2n) is 18.7. The van der Waals surface area contributed by atoms with Gasteiger partial charge in [-0.2, -0.15) is 0 Å². The summed E-state index contributed by atoms with van der Waals surface area (Å²) in [5, 5.41) is 0.169. The van der Waals surface area contributed by atoms with Gasteiger partial charge in [0, 0.05) is 44.5 Å². The van der Waals surface area contributed by atoms with Crippen LogP contribution in [0.2, 0.25) is 0 Å². The van der Waals surface area contributed by atoms with Crippen molar-refractivity contribution in [1.82, 2.24) is 15.0 Å². The summed E-state index contributed by atoms with van der Waals surface area (Å²) in [6.07, 6.45) is 0. The average Bonchev–Trinajstić information content (AvgIpc) is 3.98. The number of nitrogens with zero attached hydrogens (tertiary/aromatic N) is 4. The molecule has 80 heavy (non-hydrogen) atoms. The highest BCUT2D eigenvalue weighted by atomic mass is 16.3. The summed E-state index contributed by atoms with van der Waals surface area (Å²) < 4.78 is 6.66. The monoisotopic (exact) mass is 958 g/mol. The molecule has 0 N–H and O–H groups in total. The second-order valence-corrected chi connectivity index (χ2v) is 18.7. The SMILES string of the molecule is [B]c1c([B])c([B])c(-c2c([B])c([B])c(N(c3c([B])c([B])c(-c4c([B])c([B])c([B])c([B])c4[B])c([B])c3[B])c3c([B])c([B])c4c(oc5c([B])c(-c6nc(-c7ccccc7)nc(-c7ccccc7)n6)c([B])c([B])c54)c3[B])c([B])c2[B])c([B])c1[B]. The predicted octanol–water partition coefficient (Wildman–Crippen LogP) is -15.4. The fourth-order valence-electron chi connectivity index (χ4n) is 9.99. The van der Waals surface area contributed by atoms with E-state index in [1.165, 1.54) is 4.90 Å². The van der Waals surface area contributed by atoms with E-state index in [9.17, 15) is 0 Å². The summed E-state index contributed by atoms with van der Waals surface area (Å²) >= 11 is 0. The summed E-state index contributed by atoms with van der Waals surface area (Å²) in [5.41, 5.74) is -5.07. The Morgan fingerprint density at radius 2 is 0.487 bits per heavy atom. The molecule has 0 atom stereocenters. The van der Waals surface area contributed by atoms with E-state index in [1.54, 1.807) is 0 Å². The number of hydrogen-bond donors (Lipinski definition) is 0. The predicted molar refractivity (Wildman–Crippen MR) is 358 cm³/mol. The first-order chi connectivity index (χ1) is 37.8. The molecule has 0 aliphatic heterocycles. The summed E-state index contributed by atoms with van der Waals surface area (Å²) in [4.78, 5) is 15.6. The number of furan rings is 1. The molecule has 8 aromatic carbocycles. The van der Waals surface area contributed by atoms with E-state index < -0.39 is 0 Å². The number of benzene rings is 8. The topological polar surface area (TPSA) is 55.1 Å². The summed E-state index contributed by atoms with van der Waals surface area (Å²) in [6, 6.07) is 18.4. The smallest absolute Gasteiger partial charge is 0.164 e. The first kappa shape index (κ1) is 57.2. The highest BCUT2D eigenvalue weighted by Gasteiger charge is 2.32.